The van der Waals surface area contributed by atoms with Crippen molar-refractivity contribution in [2.45, 2.75) is 13.8 Å². The number of thioether (sulfide) groups is 1. The van der Waals surface area contributed by atoms with Crippen LogP contribution in [0.3, 0.4) is 0 Å². The van der Waals surface area contributed by atoms with Crippen molar-refractivity contribution in [2.75, 3.05) is 0 Å². The molecule has 2 nitrogen and oxygen atoms in total. The van der Waals surface area contributed by atoms with E-state index in [9.17, 15) is 9.59 Å². The van der Waals surface area contributed by atoms with Crippen LogP contribution in [-0.4, -0.2) is 10.9 Å². The van der Waals surface area contributed by atoms with Gasteiger partial charge in [-0.2, -0.15) is 0 Å². The maximum Gasteiger partial charge on any atom is 0.254 e. The molecule has 0 aliphatic carbocycles. The third-order valence-corrected chi connectivity index (χ3v) is 1.25. The fraction of sp³-hybridized carbons (Fsp3) is 0.400. The van der Waals surface area contributed by atoms with Gasteiger partial charge < -0.3 is 0 Å². The van der Waals surface area contributed by atoms with Crippen molar-refractivity contribution in [1.29, 1.82) is 0 Å². The molecule has 45 valence electrons. The van der Waals surface area contributed by atoms with Gasteiger partial charge in [0, 0.05) is 12.7 Å². The Hall–Kier alpha value is -0.310. The molecule has 0 N–H and O–H groups in total. The molecule has 3 heteroatoms. The van der Waals surface area contributed by atoms with E-state index >= 15 is 0 Å². The zero-order chi connectivity index (χ0) is 6.57. The van der Waals surface area contributed by atoms with Crippen molar-refractivity contribution in [2.24, 2.45) is 0 Å². The summed E-state index contributed by atoms with van der Waals surface area (Å²) in [4.78, 5) is 20.5. The number of carbonyl (C=O) groups is 2. The van der Waals surface area contributed by atoms with E-state index in [1.807, 2.05) is 0 Å². The molecule has 0 aromatic rings. The molecule has 0 aromatic carbocycles. The van der Waals surface area contributed by atoms with Crippen molar-refractivity contribution in [3.05, 3.63) is 5.75 Å². The van der Waals surface area contributed by atoms with Crippen LogP contribution in [0, 0.1) is 5.75 Å². The molecule has 0 saturated carbocycles. The van der Waals surface area contributed by atoms with Gasteiger partial charge in [0.25, 0.3) is 5.12 Å². The highest BCUT2D eigenvalue weighted by molar-refractivity contribution is 8.17. The highest BCUT2D eigenvalue weighted by atomic mass is 32.2. The van der Waals surface area contributed by atoms with Gasteiger partial charge in [0.1, 0.15) is 0 Å². The topological polar surface area (TPSA) is 34.1 Å². The Bertz CT molecular complexity index is 109. The van der Waals surface area contributed by atoms with Gasteiger partial charge >= 0.3 is 0 Å². The van der Waals surface area contributed by atoms with Crippen LogP contribution < -0.4 is 0 Å². The second-order valence-corrected chi connectivity index (χ2v) is 2.28. The first kappa shape index (κ1) is 7.69. The van der Waals surface area contributed by atoms with E-state index in [2.05, 4.69) is 0 Å². The van der Waals surface area contributed by atoms with Gasteiger partial charge in [-0.3, -0.25) is 9.59 Å². The minimum atomic E-state index is -0.396. The fourth-order valence-corrected chi connectivity index (χ4v) is 0.570. The number of ketones is 1. The molecule has 0 unspecified atom stereocenters. The molecular weight excluding hydrogens is 124 g/mol. The molecule has 0 aliphatic rings. The van der Waals surface area contributed by atoms with Gasteiger partial charge in [-0.15, -0.1) is 0 Å². The van der Waals surface area contributed by atoms with Crippen molar-refractivity contribution in [1.82, 2.24) is 0 Å². The summed E-state index contributed by atoms with van der Waals surface area (Å²) in [6, 6.07) is 0. The smallest absolute Gasteiger partial charge is 0.254 e. The molecule has 0 saturated heterocycles. The normalized spacial score (nSPS) is 8.75. The molecule has 8 heavy (non-hydrogen) atoms. The predicted octanol–water partition coefficient (Wildman–Crippen LogP) is 1.02. The molecule has 0 bridgehead atoms. The van der Waals surface area contributed by atoms with Gasteiger partial charge in [0.2, 0.25) is 5.78 Å². The van der Waals surface area contributed by atoms with Crippen molar-refractivity contribution >= 4 is 22.7 Å². The minimum Gasteiger partial charge on any atom is -0.290 e. The quantitative estimate of drug-likeness (QED) is 0.524. The van der Waals surface area contributed by atoms with E-state index in [4.69, 9.17) is 0 Å². The SMILES string of the molecule is C[CH]SC(=O)C(C)=O. The number of carbonyl (C=O) groups excluding carboxylic acids is 2. The molecule has 0 spiro atoms. The highest BCUT2D eigenvalue weighted by Crippen LogP contribution is 2.04. The van der Waals surface area contributed by atoms with Gasteiger partial charge in [-0.1, -0.05) is 18.7 Å². The van der Waals surface area contributed by atoms with Crippen LogP contribution in [0.4, 0.5) is 0 Å². The molecule has 0 aromatic heterocycles. The average Bonchev–Trinajstić information content (AvgIpc) is 1.67. The predicted molar refractivity (Wildman–Crippen MR) is 33.3 cm³/mol. The maximum absolute atomic E-state index is 10.3. The lowest BCUT2D eigenvalue weighted by molar-refractivity contribution is -0.130. The van der Waals surface area contributed by atoms with Crippen LogP contribution in [-0.2, 0) is 9.59 Å². The molecule has 1 radical (unpaired) electrons. The highest BCUT2D eigenvalue weighted by Gasteiger charge is 2.04. The molecule has 0 amide bonds. The third kappa shape index (κ3) is 2.80. The Labute approximate surface area is 52.6 Å². The Morgan fingerprint density at radius 1 is 1.50 bits per heavy atom. The average molecular weight is 131 g/mol. The Kier molecular flexibility index (Phi) is 3.52. The van der Waals surface area contributed by atoms with E-state index in [0.29, 0.717) is 0 Å². The first-order valence-electron chi connectivity index (χ1n) is 2.18. The largest absolute Gasteiger partial charge is 0.290 e. The Balaban J connectivity index is 3.49. The van der Waals surface area contributed by atoms with Crippen LogP contribution in [0.1, 0.15) is 13.8 Å². The summed E-state index contributed by atoms with van der Waals surface area (Å²) < 4.78 is 0. The zero-order valence-corrected chi connectivity index (χ0v) is 5.62. The standard InChI is InChI=1S/C5H7O2S/c1-3-8-5(7)4(2)6/h3H,1-2H3. The van der Waals surface area contributed by atoms with Gasteiger partial charge in [0.15, 0.2) is 0 Å². The first-order chi connectivity index (χ1) is 3.68. The summed E-state index contributed by atoms with van der Waals surface area (Å²) in [5.74, 6) is 1.19. The fourth-order valence-electron chi connectivity index (χ4n) is 0.190. The lowest BCUT2D eigenvalue weighted by atomic mass is 10.5. The molecular formula is C5H7O2S. The molecule has 0 fully saturated rings. The minimum absolute atomic E-state index is 0.395. The Morgan fingerprint density at radius 3 is 2.12 bits per heavy atom. The molecule has 0 atom stereocenters. The van der Waals surface area contributed by atoms with Gasteiger partial charge in [-0.25, -0.2) is 0 Å². The third-order valence-electron chi connectivity index (χ3n) is 0.512. The van der Waals surface area contributed by atoms with Crippen LogP contribution in [0.2, 0.25) is 0 Å². The van der Waals surface area contributed by atoms with Crippen LogP contribution in [0.5, 0.6) is 0 Å². The summed E-state index contributed by atoms with van der Waals surface area (Å²) in [6.07, 6.45) is 0. The van der Waals surface area contributed by atoms with Gasteiger partial charge in [-0.05, 0) is 0 Å². The first-order valence-corrected chi connectivity index (χ1v) is 3.06. The molecule has 0 rings (SSSR count). The van der Waals surface area contributed by atoms with Crippen molar-refractivity contribution in [3.63, 3.8) is 0 Å². The summed E-state index contributed by atoms with van der Waals surface area (Å²) in [5, 5.41) is -0.396. The monoisotopic (exact) mass is 131 g/mol. The second kappa shape index (κ2) is 3.66. The van der Waals surface area contributed by atoms with E-state index in [0.717, 1.165) is 11.8 Å². The van der Waals surface area contributed by atoms with Crippen molar-refractivity contribution < 1.29 is 9.59 Å². The van der Waals surface area contributed by atoms with Gasteiger partial charge in [0.05, 0.1) is 0 Å². The van der Waals surface area contributed by atoms with E-state index < -0.39 is 10.9 Å². The summed E-state index contributed by atoms with van der Waals surface area (Å²) in [5.41, 5.74) is 0. The number of rotatable bonds is 2. The van der Waals surface area contributed by atoms with E-state index in [-0.39, 0.29) is 0 Å². The molecule has 0 heterocycles. The van der Waals surface area contributed by atoms with E-state index in [1.165, 1.54) is 6.92 Å². The van der Waals surface area contributed by atoms with Crippen molar-refractivity contribution in [3.8, 4) is 0 Å². The van der Waals surface area contributed by atoms with Crippen LogP contribution in [0.15, 0.2) is 0 Å². The second-order valence-electron chi connectivity index (χ2n) is 1.20. The molecule has 0 aliphatic heterocycles. The van der Waals surface area contributed by atoms with Crippen LogP contribution in [0.25, 0.3) is 0 Å². The summed E-state index contributed by atoms with van der Waals surface area (Å²) in [6.45, 7) is 2.98. The summed E-state index contributed by atoms with van der Waals surface area (Å²) in [7, 11) is 0. The Morgan fingerprint density at radius 2 is 2.00 bits per heavy atom. The number of Topliss-reactive ketones (excluding diaryl/α,β-unsaturated/α-hetero) is 1. The number of hydrogen-bond donors (Lipinski definition) is 0. The maximum atomic E-state index is 10.3. The van der Waals surface area contributed by atoms with E-state index in [1.54, 1.807) is 12.7 Å². The summed E-state index contributed by atoms with van der Waals surface area (Å²) >= 11 is 0.926. The lowest BCUT2D eigenvalue weighted by Gasteiger charge is -1.86. The number of hydrogen-bond acceptors (Lipinski definition) is 3. The zero-order valence-electron chi connectivity index (χ0n) is 4.80. The lowest BCUT2D eigenvalue weighted by Crippen LogP contribution is -2.02. The van der Waals surface area contributed by atoms with Crippen LogP contribution >= 0.6 is 11.8 Å².